The van der Waals surface area contributed by atoms with Crippen LogP contribution in [0.3, 0.4) is 0 Å². The van der Waals surface area contributed by atoms with Crippen LogP contribution in [0.25, 0.3) is 6.08 Å². The molecule has 1 saturated heterocycles. The number of allylic oxidation sites excluding steroid dienone is 2. The largest absolute Gasteiger partial charge is 0.464 e. The average molecular weight is 410 g/mol. The molecule has 2 aromatic rings. The number of benzene rings is 2. The average Bonchev–Trinajstić information content (AvgIpc) is 2.98. The van der Waals surface area contributed by atoms with Gasteiger partial charge in [0.15, 0.2) is 6.04 Å². The summed E-state index contributed by atoms with van der Waals surface area (Å²) in [6.07, 6.45) is 5.44. The van der Waals surface area contributed by atoms with Gasteiger partial charge in [0, 0.05) is 0 Å². The highest BCUT2D eigenvalue weighted by atomic mass is 32.2. The van der Waals surface area contributed by atoms with Gasteiger partial charge in [-0.3, -0.25) is 9.69 Å². The van der Waals surface area contributed by atoms with Crippen molar-refractivity contribution in [3.8, 4) is 0 Å². The van der Waals surface area contributed by atoms with Crippen molar-refractivity contribution in [2.45, 2.75) is 13.0 Å². The molecule has 0 aliphatic carbocycles. The van der Waals surface area contributed by atoms with Gasteiger partial charge in [-0.25, -0.2) is 4.79 Å². The topological polar surface area (TPSA) is 46.6 Å². The van der Waals surface area contributed by atoms with Crippen LogP contribution in [-0.4, -0.2) is 27.7 Å². The minimum Gasteiger partial charge on any atom is -0.464 e. The van der Waals surface area contributed by atoms with Gasteiger partial charge in [-0.2, -0.15) is 0 Å². The minimum absolute atomic E-state index is 0.229. The Morgan fingerprint density at radius 2 is 1.79 bits per heavy atom. The molecule has 4 nitrogen and oxygen atoms in total. The van der Waals surface area contributed by atoms with Crippen LogP contribution < -0.4 is 0 Å². The van der Waals surface area contributed by atoms with Crippen molar-refractivity contribution >= 4 is 46.3 Å². The summed E-state index contributed by atoms with van der Waals surface area (Å²) < 4.78 is 5.55. The van der Waals surface area contributed by atoms with Crippen LogP contribution in [0, 0.1) is 0 Å². The molecule has 2 aromatic carbocycles. The van der Waals surface area contributed by atoms with Crippen molar-refractivity contribution in [2.75, 3.05) is 6.61 Å². The Hall–Kier alpha value is -2.70. The predicted octanol–water partition coefficient (Wildman–Crippen LogP) is 4.75. The van der Waals surface area contributed by atoms with Crippen LogP contribution in [0.1, 0.15) is 24.1 Å². The second-order valence-corrected chi connectivity index (χ2v) is 7.58. The zero-order valence-corrected chi connectivity index (χ0v) is 16.9. The molecule has 1 unspecified atom stereocenters. The van der Waals surface area contributed by atoms with Crippen molar-refractivity contribution in [2.24, 2.45) is 0 Å². The van der Waals surface area contributed by atoms with Crippen LogP contribution in [-0.2, 0) is 14.3 Å². The zero-order valence-electron chi connectivity index (χ0n) is 15.3. The van der Waals surface area contributed by atoms with Gasteiger partial charge in [0.05, 0.1) is 11.5 Å². The highest BCUT2D eigenvalue weighted by Gasteiger charge is 2.41. The molecule has 1 atom stereocenters. The molecular formula is C22H19NO3S2. The SMILES string of the molecule is CCOC(=O)C(c1ccccc1)N1C(=O)/C(=C\C=C\c2ccccc2)SC1=S. The van der Waals surface area contributed by atoms with Crippen LogP contribution in [0.4, 0.5) is 0 Å². The summed E-state index contributed by atoms with van der Waals surface area (Å²) in [7, 11) is 0. The molecule has 1 heterocycles. The molecule has 0 N–H and O–H groups in total. The second-order valence-electron chi connectivity index (χ2n) is 5.91. The Bertz CT molecular complexity index is 923. The Morgan fingerprint density at radius 1 is 1.14 bits per heavy atom. The monoisotopic (exact) mass is 409 g/mol. The van der Waals surface area contributed by atoms with Gasteiger partial charge in [-0.05, 0) is 24.1 Å². The summed E-state index contributed by atoms with van der Waals surface area (Å²) in [4.78, 5) is 27.4. The van der Waals surface area contributed by atoms with E-state index in [2.05, 4.69) is 0 Å². The number of carbonyl (C=O) groups excluding carboxylic acids is 2. The molecule has 142 valence electrons. The Labute approximate surface area is 173 Å². The molecule has 3 rings (SSSR count). The molecule has 0 spiro atoms. The van der Waals surface area contributed by atoms with E-state index in [0.29, 0.717) is 14.8 Å². The predicted molar refractivity (Wildman–Crippen MR) is 116 cm³/mol. The van der Waals surface area contributed by atoms with E-state index < -0.39 is 12.0 Å². The minimum atomic E-state index is -0.891. The van der Waals surface area contributed by atoms with E-state index in [1.54, 1.807) is 25.1 Å². The van der Waals surface area contributed by atoms with Gasteiger partial charge in [-0.1, -0.05) is 96.8 Å². The fourth-order valence-electron chi connectivity index (χ4n) is 2.77. The van der Waals surface area contributed by atoms with Crippen LogP contribution >= 0.6 is 24.0 Å². The number of nitrogens with zero attached hydrogens (tertiary/aromatic N) is 1. The van der Waals surface area contributed by atoms with Crippen LogP contribution in [0.5, 0.6) is 0 Å². The summed E-state index contributed by atoms with van der Waals surface area (Å²) in [6.45, 7) is 1.96. The number of hydrogen-bond donors (Lipinski definition) is 0. The summed E-state index contributed by atoms with van der Waals surface area (Å²) in [6, 6.07) is 18.0. The van der Waals surface area contributed by atoms with Crippen LogP contribution in [0.2, 0.25) is 0 Å². The first-order chi connectivity index (χ1) is 13.6. The first-order valence-electron chi connectivity index (χ1n) is 8.82. The van der Waals surface area contributed by atoms with E-state index in [0.717, 1.165) is 5.56 Å². The first kappa shape index (κ1) is 20.0. The lowest BCUT2D eigenvalue weighted by Gasteiger charge is -2.25. The quantitative estimate of drug-likeness (QED) is 0.391. The van der Waals surface area contributed by atoms with Crippen molar-refractivity contribution < 1.29 is 14.3 Å². The highest BCUT2D eigenvalue weighted by molar-refractivity contribution is 8.26. The molecule has 1 fully saturated rings. The van der Waals surface area contributed by atoms with Gasteiger partial charge in [0.1, 0.15) is 4.32 Å². The van der Waals surface area contributed by atoms with Crippen molar-refractivity contribution in [3.63, 3.8) is 0 Å². The number of thioether (sulfide) groups is 1. The number of hydrogen-bond acceptors (Lipinski definition) is 5. The van der Waals surface area contributed by atoms with E-state index in [-0.39, 0.29) is 12.5 Å². The van der Waals surface area contributed by atoms with Gasteiger partial charge in [0.25, 0.3) is 5.91 Å². The third-order valence-corrected chi connectivity index (χ3v) is 5.39. The maximum atomic E-state index is 13.0. The van der Waals surface area contributed by atoms with E-state index in [1.807, 2.05) is 60.7 Å². The number of amides is 1. The lowest BCUT2D eigenvalue weighted by molar-refractivity contribution is -0.151. The van der Waals surface area contributed by atoms with Crippen molar-refractivity contribution in [1.82, 2.24) is 4.90 Å². The second kappa shape index (κ2) is 9.48. The molecule has 0 aromatic heterocycles. The third-order valence-electron chi connectivity index (χ3n) is 4.04. The van der Waals surface area contributed by atoms with Crippen molar-refractivity contribution in [1.29, 1.82) is 0 Å². The van der Waals surface area contributed by atoms with Gasteiger partial charge < -0.3 is 4.74 Å². The Morgan fingerprint density at radius 3 is 2.43 bits per heavy atom. The molecule has 0 saturated carbocycles. The van der Waals surface area contributed by atoms with E-state index in [9.17, 15) is 9.59 Å². The van der Waals surface area contributed by atoms with Crippen LogP contribution in [0.15, 0.2) is 77.7 Å². The van der Waals surface area contributed by atoms with Gasteiger partial charge in [0.2, 0.25) is 0 Å². The van der Waals surface area contributed by atoms with Gasteiger partial charge >= 0.3 is 5.97 Å². The van der Waals surface area contributed by atoms with E-state index in [1.165, 1.54) is 16.7 Å². The lowest BCUT2D eigenvalue weighted by Crippen LogP contribution is -2.38. The molecule has 6 heteroatoms. The highest BCUT2D eigenvalue weighted by Crippen LogP contribution is 2.37. The number of carbonyl (C=O) groups is 2. The molecule has 1 aliphatic rings. The third kappa shape index (κ3) is 4.58. The Balaban J connectivity index is 1.87. The maximum absolute atomic E-state index is 13.0. The summed E-state index contributed by atoms with van der Waals surface area (Å²) in [5.41, 5.74) is 1.70. The Kier molecular flexibility index (Phi) is 6.79. The molecule has 1 aliphatic heterocycles. The summed E-state index contributed by atoms with van der Waals surface area (Å²) >= 11 is 6.60. The summed E-state index contributed by atoms with van der Waals surface area (Å²) in [5, 5.41) is 0. The smallest absolute Gasteiger partial charge is 0.333 e. The van der Waals surface area contributed by atoms with E-state index in [4.69, 9.17) is 17.0 Å². The summed E-state index contributed by atoms with van der Waals surface area (Å²) in [5.74, 6) is -0.791. The normalized spacial score (nSPS) is 16.8. The zero-order chi connectivity index (χ0) is 19.9. The molecule has 1 amide bonds. The first-order valence-corrected chi connectivity index (χ1v) is 10.0. The fraction of sp³-hybridized carbons (Fsp3) is 0.136. The number of rotatable bonds is 6. The lowest BCUT2D eigenvalue weighted by atomic mass is 10.1. The molecular weight excluding hydrogens is 390 g/mol. The van der Waals surface area contributed by atoms with E-state index >= 15 is 0 Å². The van der Waals surface area contributed by atoms with Crippen molar-refractivity contribution in [3.05, 3.63) is 88.8 Å². The standard InChI is InChI=1S/C22H19NO3S2/c1-2-26-21(25)19(17-13-7-4-8-14-17)23-20(24)18(28-22(23)27)15-9-12-16-10-5-3-6-11-16/h3-15,19H,2H2,1H3/b12-9+,18-15+. The number of esters is 1. The maximum Gasteiger partial charge on any atom is 0.333 e. The molecule has 0 bridgehead atoms. The molecule has 28 heavy (non-hydrogen) atoms. The molecule has 0 radical (unpaired) electrons. The number of ether oxygens (including phenoxy) is 1. The number of thiocarbonyl (C=S) groups is 1. The fourth-order valence-corrected chi connectivity index (χ4v) is 4.04. The van der Waals surface area contributed by atoms with Gasteiger partial charge in [-0.15, -0.1) is 0 Å².